The number of allylic oxidation sites excluding steroid dienone is 6. The second kappa shape index (κ2) is 7.03. The third kappa shape index (κ3) is 3.25. The number of benzene rings is 1. The van der Waals surface area contributed by atoms with E-state index in [1.807, 2.05) is 3.28 Å². The molecular formula is C20H30Cl2SiZr. The van der Waals surface area contributed by atoms with Crippen LogP contribution in [0.1, 0.15) is 48.9 Å². The second-order valence-corrected chi connectivity index (χ2v) is 38.1. The van der Waals surface area contributed by atoms with Crippen molar-refractivity contribution < 1.29 is 17.4 Å². The van der Waals surface area contributed by atoms with Crippen LogP contribution in [0.4, 0.5) is 0 Å². The van der Waals surface area contributed by atoms with Crippen LogP contribution in [0.3, 0.4) is 0 Å². The van der Waals surface area contributed by atoms with Gasteiger partial charge in [0.1, 0.15) is 0 Å². The van der Waals surface area contributed by atoms with Crippen LogP contribution in [0.5, 0.6) is 0 Å². The molecule has 4 heteroatoms. The summed E-state index contributed by atoms with van der Waals surface area (Å²) in [4.78, 5) is 0. The standard InChI is InChI=1S/C11H11.C7H9.2CH3.2ClH.H2Si.Zr/c1-8-7-10-5-3-4-6-11(10)9(8)2;1-6-3-4-7(2)5-6;;;;;;/h3-7H,1-2H3;5H,3H2,1-2H3;2*1H3;2*1H;1H2;. The third-order valence-electron chi connectivity index (χ3n) is 6.01. The summed E-state index contributed by atoms with van der Waals surface area (Å²) in [6, 6.07) is 9.13. The van der Waals surface area contributed by atoms with Gasteiger partial charge in [-0.05, 0) is 0 Å². The van der Waals surface area contributed by atoms with Gasteiger partial charge in [0, 0.05) is 0 Å². The van der Waals surface area contributed by atoms with Crippen molar-refractivity contribution in [2.45, 2.75) is 47.0 Å². The normalized spacial score (nSPS) is 20.5. The van der Waals surface area contributed by atoms with Gasteiger partial charge in [-0.1, -0.05) is 0 Å². The molecule has 3 rings (SSSR count). The van der Waals surface area contributed by atoms with Crippen molar-refractivity contribution >= 4 is 37.3 Å². The van der Waals surface area contributed by atoms with Crippen LogP contribution < -0.4 is 0 Å². The Morgan fingerprint density at radius 3 is 2.12 bits per heavy atom. The van der Waals surface area contributed by atoms with Gasteiger partial charge in [0.15, 0.2) is 0 Å². The number of fused-ring (bicyclic) bond motifs is 1. The summed E-state index contributed by atoms with van der Waals surface area (Å²) in [5.74, 6) is 0. The summed E-state index contributed by atoms with van der Waals surface area (Å²) in [6.45, 7) is 11.7. The molecule has 132 valence electrons. The van der Waals surface area contributed by atoms with Crippen LogP contribution in [0.2, 0.25) is 9.26 Å². The molecular weight excluding hydrogens is 430 g/mol. The minimum absolute atomic E-state index is 0. The Kier molecular flexibility index (Phi) is 6.49. The van der Waals surface area contributed by atoms with E-state index in [-0.39, 0.29) is 24.8 Å². The molecule has 0 aromatic heterocycles. The molecule has 0 spiro atoms. The van der Waals surface area contributed by atoms with Crippen LogP contribution in [-0.4, -0.2) is 6.88 Å². The van der Waals surface area contributed by atoms with Gasteiger partial charge < -0.3 is 0 Å². The average Bonchev–Trinajstić information content (AvgIpc) is 2.89. The van der Waals surface area contributed by atoms with Crippen molar-refractivity contribution in [3.63, 3.8) is 0 Å². The molecule has 0 amide bonds. The fourth-order valence-electron chi connectivity index (χ4n) is 4.98. The van der Waals surface area contributed by atoms with Gasteiger partial charge in [0.05, 0.1) is 0 Å². The van der Waals surface area contributed by atoms with E-state index in [0.717, 1.165) is 0 Å². The van der Waals surface area contributed by atoms with Gasteiger partial charge >= 0.3 is 138 Å². The van der Waals surface area contributed by atoms with E-state index in [1.54, 1.807) is 22.3 Å². The minimum atomic E-state index is -3.04. The minimum Gasteiger partial charge on any atom is -0.147 e. The molecule has 0 saturated carbocycles. The van der Waals surface area contributed by atoms with E-state index in [2.05, 4.69) is 74.2 Å². The van der Waals surface area contributed by atoms with Crippen molar-refractivity contribution in [1.29, 1.82) is 0 Å². The van der Waals surface area contributed by atoms with Gasteiger partial charge in [0.2, 0.25) is 0 Å². The molecule has 0 radical (unpaired) electrons. The zero-order valence-corrected chi connectivity index (χ0v) is 21.2. The van der Waals surface area contributed by atoms with E-state index >= 15 is 0 Å². The van der Waals surface area contributed by atoms with Crippen molar-refractivity contribution in [3.05, 3.63) is 61.5 Å². The van der Waals surface area contributed by atoms with Crippen LogP contribution in [0, 0.1) is 0 Å². The molecule has 0 saturated heterocycles. The van der Waals surface area contributed by atoms with Gasteiger partial charge in [-0.15, -0.1) is 24.8 Å². The SMILES string of the molecule is CC1=CC(C)=[C]([Zr]([CH3])([CH3])(=[SiH2])[CH]2C(C)=C(C)c3ccccc32)C1.Cl.Cl. The van der Waals surface area contributed by atoms with E-state index in [0.29, 0.717) is 3.63 Å². The molecule has 2 aliphatic carbocycles. The number of rotatable bonds is 2. The summed E-state index contributed by atoms with van der Waals surface area (Å²) >= 11 is -3.04. The van der Waals surface area contributed by atoms with E-state index < -0.39 is 17.4 Å². The Hall–Kier alpha value is 0.120. The first-order valence-electron chi connectivity index (χ1n) is 8.33. The van der Waals surface area contributed by atoms with Crippen LogP contribution >= 0.6 is 24.8 Å². The van der Waals surface area contributed by atoms with Crippen LogP contribution in [-0.2, 0) is 17.4 Å². The molecule has 0 bridgehead atoms. The third-order valence-corrected chi connectivity index (χ3v) is 23.6. The van der Waals surface area contributed by atoms with E-state index in [9.17, 15) is 0 Å². The van der Waals surface area contributed by atoms with E-state index in [4.69, 9.17) is 0 Å². The predicted molar refractivity (Wildman–Crippen MR) is 113 cm³/mol. The average molecular weight is 461 g/mol. The molecule has 1 aromatic rings. The first-order valence-corrected chi connectivity index (χ1v) is 21.8. The molecule has 24 heavy (non-hydrogen) atoms. The Balaban J connectivity index is 0.00000144. The Morgan fingerprint density at radius 1 is 1.00 bits per heavy atom. The summed E-state index contributed by atoms with van der Waals surface area (Å²) in [5, 5.41) is 0. The molecule has 1 unspecified atom stereocenters. The van der Waals surface area contributed by atoms with Gasteiger partial charge in [-0.2, -0.15) is 0 Å². The van der Waals surface area contributed by atoms with Crippen molar-refractivity contribution in [3.8, 4) is 0 Å². The maximum atomic E-state index is 2.68. The Morgan fingerprint density at radius 2 is 1.58 bits per heavy atom. The summed E-state index contributed by atoms with van der Waals surface area (Å²) in [5.41, 5.74) is 9.38. The predicted octanol–water partition coefficient (Wildman–Crippen LogP) is 6.34. The number of hydrogen-bond donors (Lipinski definition) is 0. The zero-order valence-electron chi connectivity index (χ0n) is 15.7. The Bertz CT molecular complexity index is 837. The Labute approximate surface area is 162 Å². The van der Waals surface area contributed by atoms with Crippen molar-refractivity contribution in [1.82, 2.24) is 0 Å². The maximum absolute atomic E-state index is 3.04. The summed E-state index contributed by atoms with van der Waals surface area (Å²) < 4.78 is 7.86. The first-order chi connectivity index (χ1) is 10.1. The van der Waals surface area contributed by atoms with Crippen molar-refractivity contribution in [2.24, 2.45) is 0 Å². The fraction of sp³-hybridized carbons (Fsp3) is 0.400. The second-order valence-electron chi connectivity index (χ2n) is 8.47. The van der Waals surface area contributed by atoms with Crippen LogP contribution in [0.25, 0.3) is 5.57 Å². The van der Waals surface area contributed by atoms with Gasteiger partial charge in [-0.25, -0.2) is 0 Å². The topological polar surface area (TPSA) is 0 Å². The molecule has 0 N–H and O–H groups in total. The summed E-state index contributed by atoms with van der Waals surface area (Å²) in [6.07, 6.45) is 3.65. The monoisotopic (exact) mass is 458 g/mol. The largest absolute Gasteiger partial charge is 0.147 e. The van der Waals surface area contributed by atoms with Crippen molar-refractivity contribution in [2.75, 3.05) is 0 Å². The smallest absolute Gasteiger partial charge is 0.147 e. The summed E-state index contributed by atoms with van der Waals surface area (Å²) in [7, 11) is 0. The molecule has 0 heterocycles. The molecule has 0 nitrogen and oxygen atoms in total. The molecule has 1 atom stereocenters. The maximum Gasteiger partial charge on any atom is -0.147 e. The number of halogens is 2. The first kappa shape index (κ1) is 22.2. The molecule has 0 fully saturated rings. The quantitative estimate of drug-likeness (QED) is 0.452. The molecule has 0 aliphatic heterocycles. The van der Waals surface area contributed by atoms with Crippen LogP contribution in [0.15, 0.2) is 50.3 Å². The molecule has 1 aromatic carbocycles. The fourth-order valence-corrected chi connectivity index (χ4v) is 23.8. The van der Waals surface area contributed by atoms with E-state index in [1.165, 1.54) is 17.6 Å². The van der Waals surface area contributed by atoms with Gasteiger partial charge in [-0.3, -0.25) is 0 Å². The zero-order chi connectivity index (χ0) is 16.3. The molecule has 2 aliphatic rings. The van der Waals surface area contributed by atoms with Gasteiger partial charge in [0.25, 0.3) is 0 Å². The number of hydrogen-bond acceptors (Lipinski definition) is 0.